The Morgan fingerprint density at radius 1 is 1.10 bits per heavy atom. The largest absolute Gasteiger partial charge is 0.494 e. The van der Waals surface area contributed by atoms with E-state index in [0.29, 0.717) is 16.6 Å². The zero-order chi connectivity index (χ0) is 15.2. The van der Waals surface area contributed by atoms with Gasteiger partial charge in [0, 0.05) is 11.0 Å². The fraction of sp³-hybridized carbons (Fsp3) is 0.250. The van der Waals surface area contributed by atoms with Gasteiger partial charge in [0.15, 0.2) is 0 Å². The molecule has 1 N–H and O–H groups in total. The Morgan fingerprint density at radius 3 is 2.29 bits per heavy atom. The van der Waals surface area contributed by atoms with E-state index < -0.39 is 0 Å². The number of hydrogen-bond donors (Lipinski definition) is 1. The number of anilines is 1. The first-order valence-electron chi connectivity index (χ1n) is 6.70. The van der Waals surface area contributed by atoms with Gasteiger partial charge in [-0.2, -0.15) is 0 Å². The lowest BCUT2D eigenvalue weighted by Crippen LogP contribution is -2.01. The predicted molar refractivity (Wildman–Crippen MR) is 93.7 cm³/mol. The van der Waals surface area contributed by atoms with E-state index in [1.165, 1.54) is 0 Å². The van der Waals surface area contributed by atoms with Crippen molar-refractivity contribution in [3.63, 3.8) is 0 Å². The lowest BCUT2D eigenvalue weighted by Gasteiger charge is -2.11. The minimum Gasteiger partial charge on any atom is -0.494 e. The van der Waals surface area contributed by atoms with E-state index in [4.69, 9.17) is 27.9 Å². The van der Waals surface area contributed by atoms with Crippen LogP contribution < -0.4 is 10.1 Å². The minimum atomic E-state index is 0.595. The molecular formula is C16H16BrCl2NO. The van der Waals surface area contributed by atoms with Gasteiger partial charge in [-0.15, -0.1) is 0 Å². The Bertz CT molecular complexity index is 579. The fourth-order valence-electron chi connectivity index (χ4n) is 1.82. The van der Waals surface area contributed by atoms with Crippen molar-refractivity contribution in [2.45, 2.75) is 19.9 Å². The van der Waals surface area contributed by atoms with Crippen molar-refractivity contribution in [2.75, 3.05) is 11.9 Å². The number of benzene rings is 2. The SMILES string of the molecule is CCCOc1ccc(CNc2c(Cl)cc(Br)cc2Cl)cc1. The van der Waals surface area contributed by atoms with E-state index in [2.05, 4.69) is 28.2 Å². The monoisotopic (exact) mass is 387 g/mol. The molecule has 21 heavy (non-hydrogen) atoms. The molecule has 0 bridgehead atoms. The Labute approximate surface area is 143 Å². The molecule has 2 aromatic carbocycles. The van der Waals surface area contributed by atoms with E-state index in [1.54, 1.807) is 0 Å². The van der Waals surface area contributed by atoms with Crippen LogP contribution in [0.15, 0.2) is 40.9 Å². The van der Waals surface area contributed by atoms with Crippen LogP contribution >= 0.6 is 39.1 Å². The summed E-state index contributed by atoms with van der Waals surface area (Å²) in [6.07, 6.45) is 1.00. The summed E-state index contributed by atoms with van der Waals surface area (Å²) in [4.78, 5) is 0. The first-order valence-corrected chi connectivity index (χ1v) is 8.25. The summed E-state index contributed by atoms with van der Waals surface area (Å²) in [5.41, 5.74) is 1.88. The van der Waals surface area contributed by atoms with Gasteiger partial charge in [-0.1, -0.05) is 58.2 Å². The summed E-state index contributed by atoms with van der Waals surface area (Å²) in [6, 6.07) is 11.6. The van der Waals surface area contributed by atoms with E-state index in [1.807, 2.05) is 36.4 Å². The van der Waals surface area contributed by atoms with Crippen LogP contribution in [0.5, 0.6) is 5.75 Å². The van der Waals surface area contributed by atoms with Crippen LogP contribution in [0.25, 0.3) is 0 Å². The third kappa shape index (κ3) is 4.80. The predicted octanol–water partition coefficient (Wildman–Crippen LogP) is 6.16. The summed E-state index contributed by atoms with van der Waals surface area (Å²) in [7, 11) is 0. The molecule has 0 aliphatic carbocycles. The van der Waals surface area contributed by atoms with Crippen LogP contribution in [-0.4, -0.2) is 6.61 Å². The van der Waals surface area contributed by atoms with Gasteiger partial charge in [0.2, 0.25) is 0 Å². The van der Waals surface area contributed by atoms with Crippen LogP contribution in [0, 0.1) is 0 Å². The van der Waals surface area contributed by atoms with Crippen molar-refractivity contribution in [2.24, 2.45) is 0 Å². The van der Waals surface area contributed by atoms with Crippen molar-refractivity contribution >= 4 is 44.8 Å². The highest BCUT2D eigenvalue weighted by Gasteiger charge is 2.07. The van der Waals surface area contributed by atoms with E-state index in [0.717, 1.165) is 34.5 Å². The van der Waals surface area contributed by atoms with Crippen molar-refractivity contribution in [3.8, 4) is 5.75 Å². The highest BCUT2D eigenvalue weighted by Crippen LogP contribution is 2.34. The molecular weight excluding hydrogens is 373 g/mol. The van der Waals surface area contributed by atoms with Crippen LogP contribution in [0.3, 0.4) is 0 Å². The molecule has 0 saturated carbocycles. The summed E-state index contributed by atoms with van der Waals surface area (Å²) in [5.74, 6) is 0.889. The lowest BCUT2D eigenvalue weighted by atomic mass is 10.2. The lowest BCUT2D eigenvalue weighted by molar-refractivity contribution is 0.317. The minimum absolute atomic E-state index is 0.595. The average Bonchev–Trinajstić information content (AvgIpc) is 2.45. The zero-order valence-corrected chi connectivity index (χ0v) is 14.7. The van der Waals surface area contributed by atoms with E-state index in [9.17, 15) is 0 Å². The second kappa shape index (κ2) is 7.92. The molecule has 112 valence electrons. The van der Waals surface area contributed by atoms with Crippen LogP contribution in [-0.2, 0) is 6.54 Å². The standard InChI is InChI=1S/C16H16BrCl2NO/c1-2-7-21-13-5-3-11(4-6-13)10-20-16-14(18)8-12(17)9-15(16)19/h3-6,8-9,20H,2,7,10H2,1H3. The van der Waals surface area contributed by atoms with Crippen molar-refractivity contribution < 1.29 is 4.74 Å². The molecule has 0 saturated heterocycles. The van der Waals surface area contributed by atoms with E-state index >= 15 is 0 Å². The topological polar surface area (TPSA) is 21.3 Å². The molecule has 2 nitrogen and oxygen atoms in total. The van der Waals surface area contributed by atoms with Gasteiger partial charge in [-0.25, -0.2) is 0 Å². The quantitative estimate of drug-likeness (QED) is 0.639. The van der Waals surface area contributed by atoms with Gasteiger partial charge >= 0.3 is 0 Å². The molecule has 0 spiro atoms. The van der Waals surface area contributed by atoms with Gasteiger partial charge in [0.25, 0.3) is 0 Å². The second-order valence-corrected chi connectivity index (χ2v) is 6.32. The fourth-order valence-corrected chi connectivity index (χ4v) is 3.17. The summed E-state index contributed by atoms with van der Waals surface area (Å²) in [5, 5.41) is 4.45. The molecule has 0 aliphatic rings. The number of hydrogen-bond acceptors (Lipinski definition) is 2. The van der Waals surface area contributed by atoms with Crippen LogP contribution in [0.1, 0.15) is 18.9 Å². The molecule has 0 amide bonds. The summed E-state index contributed by atoms with van der Waals surface area (Å²) < 4.78 is 6.42. The van der Waals surface area contributed by atoms with Crippen molar-refractivity contribution in [3.05, 3.63) is 56.5 Å². The van der Waals surface area contributed by atoms with Gasteiger partial charge < -0.3 is 10.1 Å². The van der Waals surface area contributed by atoms with Gasteiger partial charge in [-0.3, -0.25) is 0 Å². The maximum Gasteiger partial charge on any atom is 0.119 e. The van der Waals surface area contributed by atoms with Gasteiger partial charge in [0.1, 0.15) is 5.75 Å². The third-order valence-corrected chi connectivity index (χ3v) is 3.93. The van der Waals surface area contributed by atoms with E-state index in [-0.39, 0.29) is 0 Å². The molecule has 0 aliphatic heterocycles. The number of rotatable bonds is 6. The van der Waals surface area contributed by atoms with Crippen LogP contribution in [0.2, 0.25) is 10.0 Å². The molecule has 0 atom stereocenters. The Hall–Kier alpha value is -0.900. The Morgan fingerprint density at radius 2 is 1.71 bits per heavy atom. The van der Waals surface area contributed by atoms with Gasteiger partial charge in [0.05, 0.1) is 22.3 Å². The first kappa shape index (κ1) is 16.5. The normalized spacial score (nSPS) is 10.5. The highest BCUT2D eigenvalue weighted by molar-refractivity contribution is 9.10. The number of nitrogens with one attached hydrogen (secondary N) is 1. The third-order valence-electron chi connectivity index (χ3n) is 2.87. The molecule has 0 unspecified atom stereocenters. The summed E-state index contributed by atoms with van der Waals surface area (Å²) >= 11 is 15.7. The highest BCUT2D eigenvalue weighted by atomic mass is 79.9. The first-order chi connectivity index (χ1) is 10.1. The molecule has 5 heteroatoms. The molecule has 0 radical (unpaired) electrons. The zero-order valence-electron chi connectivity index (χ0n) is 11.6. The molecule has 2 aromatic rings. The maximum atomic E-state index is 6.19. The second-order valence-electron chi connectivity index (χ2n) is 4.59. The average molecular weight is 389 g/mol. The molecule has 0 fully saturated rings. The Balaban J connectivity index is 2.00. The van der Waals surface area contributed by atoms with Gasteiger partial charge in [-0.05, 0) is 36.2 Å². The molecule has 0 aromatic heterocycles. The number of halogens is 3. The summed E-state index contributed by atoms with van der Waals surface area (Å²) in [6.45, 7) is 3.47. The smallest absolute Gasteiger partial charge is 0.119 e. The number of ether oxygens (including phenoxy) is 1. The van der Waals surface area contributed by atoms with Crippen molar-refractivity contribution in [1.82, 2.24) is 0 Å². The Kier molecular flexibility index (Phi) is 6.22. The maximum absolute atomic E-state index is 6.19. The van der Waals surface area contributed by atoms with Crippen molar-refractivity contribution in [1.29, 1.82) is 0 Å². The molecule has 2 rings (SSSR count). The van der Waals surface area contributed by atoms with Crippen LogP contribution in [0.4, 0.5) is 5.69 Å². The molecule has 0 heterocycles.